The number of cyclic esters (lactones) is 1. The van der Waals surface area contributed by atoms with E-state index >= 15 is 0 Å². The van der Waals surface area contributed by atoms with Crippen molar-refractivity contribution >= 4 is 11.8 Å². The first-order valence-corrected chi connectivity index (χ1v) is 19.2. The van der Waals surface area contributed by atoms with Crippen molar-refractivity contribution in [3.8, 4) is 0 Å². The minimum absolute atomic E-state index is 0.0121. The number of hydrogen-bond acceptors (Lipinski definition) is 13. The molecule has 3 rings (SSSR count). The van der Waals surface area contributed by atoms with E-state index in [1.165, 1.54) is 6.08 Å². The largest absolute Gasteiger partial charge is 0.459 e. The Kier molecular flexibility index (Phi) is 16.1. The van der Waals surface area contributed by atoms with Gasteiger partial charge in [0.1, 0.15) is 23.9 Å². The Bertz CT molecular complexity index is 1240. The van der Waals surface area contributed by atoms with Gasteiger partial charge >= 0.3 is 5.97 Å². The van der Waals surface area contributed by atoms with Crippen LogP contribution in [0.3, 0.4) is 0 Å². The highest BCUT2D eigenvalue weighted by molar-refractivity contribution is 5.96. The Morgan fingerprint density at radius 1 is 0.868 bits per heavy atom. The molecule has 53 heavy (non-hydrogen) atoms. The highest BCUT2D eigenvalue weighted by Crippen LogP contribution is 2.42. The second kappa shape index (κ2) is 18.6. The summed E-state index contributed by atoms with van der Waals surface area (Å²) in [5.41, 5.74) is -3.12. The first kappa shape index (κ1) is 45.9. The van der Waals surface area contributed by atoms with E-state index in [-0.39, 0.29) is 30.5 Å². The van der Waals surface area contributed by atoms with Gasteiger partial charge < -0.3 is 52.6 Å². The Morgan fingerprint density at radius 2 is 1.47 bits per heavy atom. The van der Waals surface area contributed by atoms with Crippen LogP contribution >= 0.6 is 0 Å². The zero-order valence-corrected chi connectivity index (χ0v) is 35.3. The quantitative estimate of drug-likeness (QED) is 0.309. The monoisotopic (exact) mass is 757 g/mol. The molecule has 3 aliphatic heterocycles. The molecule has 0 aromatic heterocycles. The zero-order valence-electron chi connectivity index (χ0n) is 35.3. The molecular formula is C40H71NO12. The van der Waals surface area contributed by atoms with E-state index in [4.69, 9.17) is 42.6 Å². The van der Waals surface area contributed by atoms with E-state index in [9.17, 15) is 14.7 Å². The number of hydrogen-bond donors (Lipinski definition) is 1. The van der Waals surface area contributed by atoms with Gasteiger partial charge in [0.15, 0.2) is 18.4 Å². The van der Waals surface area contributed by atoms with Gasteiger partial charge in [-0.05, 0) is 93.5 Å². The Morgan fingerprint density at radius 3 is 2.00 bits per heavy atom. The first-order valence-electron chi connectivity index (χ1n) is 19.2. The number of Topliss-reactive ketones (excluding diaryl/α,β-unsaturated/α-hetero) is 1. The van der Waals surface area contributed by atoms with Crippen LogP contribution in [0.2, 0.25) is 0 Å². The molecule has 0 aromatic carbocycles. The van der Waals surface area contributed by atoms with E-state index in [1.54, 1.807) is 49.2 Å². The number of aliphatic hydroxyl groups is 1. The molecule has 1 N–H and O–H groups in total. The summed E-state index contributed by atoms with van der Waals surface area (Å²) in [6.45, 7) is 18.4. The van der Waals surface area contributed by atoms with E-state index in [1.807, 2.05) is 62.6 Å². The number of carbonyl (C=O) groups excluding carboxylic acids is 2. The lowest BCUT2D eigenvalue weighted by atomic mass is 9.76. The predicted octanol–water partition coefficient (Wildman–Crippen LogP) is 4.70. The normalized spacial score (nSPS) is 46.4. The molecule has 3 heterocycles. The summed E-state index contributed by atoms with van der Waals surface area (Å²) in [6, 6.07) is -0.0121. The molecule has 3 aliphatic rings. The average Bonchev–Trinajstić information content (AvgIpc) is 3.09. The van der Waals surface area contributed by atoms with Crippen molar-refractivity contribution < 1.29 is 57.3 Å². The van der Waals surface area contributed by atoms with Crippen LogP contribution in [-0.2, 0) is 52.2 Å². The molecular weight excluding hydrogens is 686 g/mol. The lowest BCUT2D eigenvalue weighted by molar-refractivity contribution is -0.322. The van der Waals surface area contributed by atoms with Gasteiger partial charge in [-0.15, -0.1) is 0 Å². The molecule has 2 saturated heterocycles. The van der Waals surface area contributed by atoms with Crippen molar-refractivity contribution in [2.75, 3.05) is 42.5 Å². The second-order valence-electron chi connectivity index (χ2n) is 16.6. The van der Waals surface area contributed by atoms with Crippen LogP contribution in [0.4, 0.5) is 0 Å². The average molecular weight is 758 g/mol. The van der Waals surface area contributed by atoms with Gasteiger partial charge in [-0.2, -0.15) is 0 Å². The number of carbonyl (C=O) groups is 2. The number of nitrogens with zero attached hydrogens (tertiary/aromatic N) is 1. The van der Waals surface area contributed by atoms with Crippen molar-refractivity contribution in [3.63, 3.8) is 0 Å². The van der Waals surface area contributed by atoms with E-state index in [0.29, 0.717) is 18.4 Å². The number of ether oxygens (including phenoxy) is 9. The fourth-order valence-electron chi connectivity index (χ4n) is 8.94. The minimum atomic E-state index is -1.61. The van der Waals surface area contributed by atoms with Crippen LogP contribution < -0.4 is 0 Å². The maximum absolute atomic E-state index is 14.3. The Labute approximate surface area is 318 Å². The summed E-state index contributed by atoms with van der Waals surface area (Å²) < 4.78 is 57.2. The van der Waals surface area contributed by atoms with Crippen molar-refractivity contribution in [2.24, 2.45) is 17.8 Å². The number of allylic oxidation sites excluding steroid dienone is 1. The first-order chi connectivity index (χ1) is 24.6. The van der Waals surface area contributed by atoms with Gasteiger partial charge in [0.25, 0.3) is 0 Å². The van der Waals surface area contributed by atoms with Crippen LogP contribution in [0.25, 0.3) is 0 Å². The molecule has 13 nitrogen and oxygen atoms in total. The van der Waals surface area contributed by atoms with E-state index < -0.39 is 83.6 Å². The van der Waals surface area contributed by atoms with Crippen LogP contribution in [0.15, 0.2) is 11.6 Å². The van der Waals surface area contributed by atoms with E-state index in [2.05, 4.69) is 4.90 Å². The molecule has 308 valence electrons. The molecule has 0 radical (unpaired) electrons. The highest BCUT2D eigenvalue weighted by Gasteiger charge is 2.53. The SMILES string of the molecule is CC[C@H]1OC(=O)[C@H](C)[C@@H](O[C@H]2C[C@@](C)(OC)[C@@H](OC)[C@H](C)O2)[C@H](C)[C@@H](O[C@@H]2O[C@H](C)C[C@H](N(C)C)[C@H]2OC)[C@](C)(OC)C[C@@H](C)C(=O)/C(C)=C/[C@]1(C)O. The zero-order chi connectivity index (χ0) is 40.2. The second-order valence-corrected chi connectivity index (χ2v) is 16.6. The third-order valence-electron chi connectivity index (χ3n) is 12.1. The van der Waals surface area contributed by atoms with Crippen molar-refractivity contribution in [3.05, 3.63) is 11.6 Å². The maximum atomic E-state index is 14.3. The molecule has 13 heteroatoms. The van der Waals surface area contributed by atoms with E-state index in [0.717, 1.165) is 6.42 Å². The lowest BCUT2D eigenvalue weighted by Crippen LogP contribution is -2.61. The summed E-state index contributed by atoms with van der Waals surface area (Å²) in [5, 5.41) is 11.6. The molecule has 0 saturated carbocycles. The maximum Gasteiger partial charge on any atom is 0.311 e. The van der Waals surface area contributed by atoms with Gasteiger partial charge in [-0.3, -0.25) is 9.59 Å². The third-order valence-corrected chi connectivity index (χ3v) is 12.1. The number of esters is 1. The number of ketones is 1. The topological polar surface area (TPSA) is 141 Å². The number of methoxy groups -OCH3 is 4. The lowest BCUT2D eigenvalue weighted by Gasteiger charge is -2.50. The number of likely N-dealkylation sites (N-methyl/N-ethyl adjacent to an activating group) is 1. The van der Waals surface area contributed by atoms with Crippen LogP contribution in [0, 0.1) is 17.8 Å². The summed E-state index contributed by atoms with van der Waals surface area (Å²) in [6.07, 6.45) is -2.52. The predicted molar refractivity (Wildman–Crippen MR) is 199 cm³/mol. The summed E-state index contributed by atoms with van der Waals surface area (Å²) in [7, 11) is 10.5. The molecule has 16 atom stereocenters. The smallest absolute Gasteiger partial charge is 0.311 e. The van der Waals surface area contributed by atoms with Crippen LogP contribution in [-0.4, -0.2) is 142 Å². The molecule has 0 aliphatic carbocycles. The third kappa shape index (κ3) is 10.3. The fraction of sp³-hybridized carbons (Fsp3) is 0.900. The van der Waals surface area contributed by atoms with Crippen LogP contribution in [0.5, 0.6) is 0 Å². The Balaban J connectivity index is 2.24. The van der Waals surface area contributed by atoms with Crippen molar-refractivity contribution in [2.45, 2.75) is 173 Å². The molecule has 0 amide bonds. The van der Waals surface area contributed by atoms with Gasteiger partial charge in [0, 0.05) is 52.7 Å². The van der Waals surface area contributed by atoms with Gasteiger partial charge in [0.2, 0.25) is 0 Å². The van der Waals surface area contributed by atoms with Crippen molar-refractivity contribution in [1.29, 1.82) is 0 Å². The summed E-state index contributed by atoms with van der Waals surface area (Å²) in [5.74, 6) is -2.74. The van der Waals surface area contributed by atoms with Crippen LogP contribution in [0.1, 0.15) is 94.9 Å². The fourth-order valence-corrected chi connectivity index (χ4v) is 8.94. The molecule has 0 aromatic rings. The minimum Gasteiger partial charge on any atom is -0.459 e. The summed E-state index contributed by atoms with van der Waals surface area (Å²) >= 11 is 0. The molecule has 2 fully saturated rings. The number of rotatable bonds is 10. The summed E-state index contributed by atoms with van der Waals surface area (Å²) in [4.78, 5) is 30.3. The molecule has 0 bridgehead atoms. The molecule has 0 spiro atoms. The van der Waals surface area contributed by atoms with Crippen molar-refractivity contribution in [1.82, 2.24) is 4.90 Å². The molecule has 0 unspecified atom stereocenters. The highest BCUT2D eigenvalue weighted by atomic mass is 16.7. The Hall–Kier alpha value is -1.52. The standard InChI is InChI=1S/C40H71NO12/c1-17-29-38(8,44)19-22(2)31(42)23(3)20-39(9,47-15)34(53-37-33(45-13)28(41(11)12)18-24(4)49-37)25(5)32(26(6)36(43)51-29)52-30-21-40(10,48-16)35(46-14)27(7)50-30/h19,23-30,32-35,37,44H,17-18,20-21H2,1-16H3/b22-19+/t23-,24-,25+,26-,27+,28+,29-,30+,32+,33-,34-,35+,37+,38+,39-,40-/m1/s1. The van der Waals surface area contributed by atoms with Gasteiger partial charge in [-0.1, -0.05) is 20.8 Å². The van der Waals surface area contributed by atoms with Gasteiger partial charge in [0.05, 0.1) is 41.5 Å². The van der Waals surface area contributed by atoms with Gasteiger partial charge in [-0.25, -0.2) is 0 Å².